The van der Waals surface area contributed by atoms with Crippen molar-refractivity contribution in [1.29, 1.82) is 0 Å². The summed E-state index contributed by atoms with van der Waals surface area (Å²) in [4.78, 5) is 14.5. The molecule has 3 rings (SSSR count). The van der Waals surface area contributed by atoms with Crippen molar-refractivity contribution >= 4 is 5.91 Å². The fourth-order valence-electron chi connectivity index (χ4n) is 3.40. The van der Waals surface area contributed by atoms with Crippen molar-refractivity contribution in [1.82, 2.24) is 15.5 Å². The minimum Gasteiger partial charge on any atom is -0.381 e. The first-order valence-electron chi connectivity index (χ1n) is 8.62. The van der Waals surface area contributed by atoms with Gasteiger partial charge in [0.2, 0.25) is 5.91 Å². The monoisotopic (exact) mass is 295 g/mol. The first-order valence-corrected chi connectivity index (χ1v) is 8.62. The van der Waals surface area contributed by atoms with E-state index in [1.807, 2.05) is 0 Å². The largest absolute Gasteiger partial charge is 0.381 e. The summed E-state index contributed by atoms with van der Waals surface area (Å²) in [5.74, 6) is 0.910. The van der Waals surface area contributed by atoms with E-state index in [1.165, 1.54) is 25.7 Å². The van der Waals surface area contributed by atoms with Crippen LogP contribution in [0.15, 0.2) is 0 Å². The van der Waals surface area contributed by atoms with E-state index in [9.17, 15) is 4.79 Å². The molecule has 0 aromatic carbocycles. The van der Waals surface area contributed by atoms with E-state index < -0.39 is 0 Å². The number of likely N-dealkylation sites (tertiary alicyclic amines) is 1. The Hall–Kier alpha value is -0.650. The van der Waals surface area contributed by atoms with Crippen LogP contribution < -0.4 is 10.6 Å². The Balaban J connectivity index is 1.35. The lowest BCUT2D eigenvalue weighted by atomic mass is 9.98. The van der Waals surface area contributed by atoms with Crippen LogP contribution in [0.25, 0.3) is 0 Å². The molecule has 1 atom stereocenters. The van der Waals surface area contributed by atoms with Gasteiger partial charge in [0.15, 0.2) is 0 Å². The predicted octanol–water partition coefficient (Wildman–Crippen LogP) is 0.746. The third-order valence-corrected chi connectivity index (χ3v) is 4.83. The number of amides is 1. The second-order valence-corrected chi connectivity index (χ2v) is 6.88. The molecule has 2 heterocycles. The Labute approximate surface area is 127 Å². The van der Waals surface area contributed by atoms with Gasteiger partial charge in [-0.3, -0.25) is 9.69 Å². The highest BCUT2D eigenvalue weighted by molar-refractivity contribution is 5.78. The Morgan fingerprint density at radius 1 is 1.10 bits per heavy atom. The lowest BCUT2D eigenvalue weighted by molar-refractivity contribution is -0.124. The molecule has 0 aromatic heterocycles. The fraction of sp³-hybridized carbons (Fsp3) is 0.938. The molecule has 1 amide bonds. The van der Waals surface area contributed by atoms with E-state index in [0.29, 0.717) is 12.6 Å². The summed E-state index contributed by atoms with van der Waals surface area (Å²) in [5, 5.41) is 6.79. The minimum atomic E-state index is 0.192. The number of carbonyl (C=O) groups excluding carboxylic acids is 1. The maximum atomic E-state index is 12.2. The normalized spacial score (nSPS) is 28.5. The van der Waals surface area contributed by atoms with Crippen LogP contribution in [0.2, 0.25) is 0 Å². The van der Waals surface area contributed by atoms with Gasteiger partial charge in [0.25, 0.3) is 0 Å². The Bertz CT molecular complexity index is 340. The van der Waals surface area contributed by atoms with Crippen molar-refractivity contribution in [3.63, 3.8) is 0 Å². The van der Waals surface area contributed by atoms with Crippen molar-refractivity contribution in [3.8, 4) is 0 Å². The molecule has 0 radical (unpaired) electrons. The number of ether oxygens (including phenoxy) is 1. The molecule has 1 unspecified atom stereocenters. The van der Waals surface area contributed by atoms with E-state index in [2.05, 4.69) is 15.5 Å². The fourth-order valence-corrected chi connectivity index (χ4v) is 3.40. The topological polar surface area (TPSA) is 53.6 Å². The summed E-state index contributed by atoms with van der Waals surface area (Å²) in [5.41, 5.74) is 0. The highest BCUT2D eigenvalue weighted by atomic mass is 16.5. The van der Waals surface area contributed by atoms with Gasteiger partial charge in [-0.05, 0) is 57.5 Å². The number of piperidine rings is 1. The van der Waals surface area contributed by atoms with Crippen LogP contribution in [0, 0.1) is 5.92 Å². The average Bonchev–Trinajstić information content (AvgIpc) is 3.31. The molecule has 1 saturated carbocycles. The van der Waals surface area contributed by atoms with Gasteiger partial charge in [0, 0.05) is 31.8 Å². The van der Waals surface area contributed by atoms with Gasteiger partial charge in [0.05, 0.1) is 6.54 Å². The molecule has 0 spiro atoms. The summed E-state index contributed by atoms with van der Waals surface area (Å²) in [6.07, 6.45) is 7.15. The average molecular weight is 295 g/mol. The minimum absolute atomic E-state index is 0.192. The summed E-state index contributed by atoms with van der Waals surface area (Å²) in [7, 11) is 0. The second-order valence-electron chi connectivity index (χ2n) is 6.88. The predicted molar refractivity (Wildman–Crippen MR) is 82.2 cm³/mol. The van der Waals surface area contributed by atoms with Crippen molar-refractivity contribution in [2.45, 2.75) is 50.6 Å². The zero-order valence-electron chi connectivity index (χ0n) is 13.0. The number of hydrogen-bond donors (Lipinski definition) is 2. The number of carbonyl (C=O) groups is 1. The van der Waals surface area contributed by atoms with Crippen LogP contribution in [0.1, 0.15) is 38.5 Å². The van der Waals surface area contributed by atoms with E-state index in [0.717, 1.165) is 57.6 Å². The second kappa shape index (κ2) is 7.56. The van der Waals surface area contributed by atoms with E-state index >= 15 is 0 Å². The van der Waals surface area contributed by atoms with Gasteiger partial charge in [-0.1, -0.05) is 0 Å². The first kappa shape index (κ1) is 15.3. The van der Waals surface area contributed by atoms with Gasteiger partial charge in [0.1, 0.15) is 0 Å². The van der Waals surface area contributed by atoms with Crippen molar-refractivity contribution < 1.29 is 9.53 Å². The van der Waals surface area contributed by atoms with E-state index in [4.69, 9.17) is 4.74 Å². The lowest BCUT2D eigenvalue weighted by Crippen LogP contribution is -2.47. The molecule has 2 aliphatic heterocycles. The molecule has 2 saturated heterocycles. The zero-order chi connectivity index (χ0) is 14.5. The molecule has 0 bridgehead atoms. The Kier molecular flexibility index (Phi) is 5.49. The lowest BCUT2D eigenvalue weighted by Gasteiger charge is -2.33. The van der Waals surface area contributed by atoms with Gasteiger partial charge in [-0.25, -0.2) is 0 Å². The number of rotatable bonds is 6. The van der Waals surface area contributed by atoms with Gasteiger partial charge in [-0.2, -0.15) is 0 Å². The van der Waals surface area contributed by atoms with Crippen LogP contribution >= 0.6 is 0 Å². The van der Waals surface area contributed by atoms with Crippen molar-refractivity contribution in [2.24, 2.45) is 5.92 Å². The molecular weight excluding hydrogens is 266 g/mol. The standard InChI is InChI=1S/C16H29N3O2/c20-16(18-15-5-8-21-9-6-15)12-19-7-1-2-13(11-19)10-17-14-3-4-14/h13-15,17H,1-12H2,(H,18,20). The number of hydrogen-bond acceptors (Lipinski definition) is 4. The smallest absolute Gasteiger partial charge is 0.234 e. The number of nitrogens with one attached hydrogen (secondary N) is 2. The van der Waals surface area contributed by atoms with Crippen LogP contribution in [-0.2, 0) is 9.53 Å². The molecule has 3 fully saturated rings. The SMILES string of the molecule is O=C(CN1CCCC(CNC2CC2)C1)NC1CCOCC1. The summed E-state index contributed by atoms with van der Waals surface area (Å²) in [6, 6.07) is 1.11. The molecule has 2 N–H and O–H groups in total. The van der Waals surface area contributed by atoms with Gasteiger partial charge in [-0.15, -0.1) is 0 Å². The van der Waals surface area contributed by atoms with Gasteiger partial charge < -0.3 is 15.4 Å². The number of nitrogens with zero attached hydrogens (tertiary/aromatic N) is 1. The van der Waals surface area contributed by atoms with Crippen LogP contribution in [0.3, 0.4) is 0 Å². The summed E-state index contributed by atoms with van der Waals surface area (Å²) in [6.45, 7) is 5.40. The zero-order valence-corrected chi connectivity index (χ0v) is 13.0. The van der Waals surface area contributed by atoms with Crippen molar-refractivity contribution in [3.05, 3.63) is 0 Å². The molecule has 0 aromatic rings. The molecule has 1 aliphatic carbocycles. The van der Waals surface area contributed by atoms with Crippen LogP contribution in [0.5, 0.6) is 0 Å². The third kappa shape index (κ3) is 5.24. The summed E-state index contributed by atoms with van der Waals surface area (Å²) < 4.78 is 5.33. The Morgan fingerprint density at radius 3 is 2.67 bits per heavy atom. The maximum Gasteiger partial charge on any atom is 0.234 e. The van der Waals surface area contributed by atoms with E-state index in [1.54, 1.807) is 0 Å². The molecule has 3 aliphatic rings. The highest BCUT2D eigenvalue weighted by Gasteiger charge is 2.26. The molecule has 5 nitrogen and oxygen atoms in total. The summed E-state index contributed by atoms with van der Waals surface area (Å²) >= 11 is 0. The molecule has 21 heavy (non-hydrogen) atoms. The highest BCUT2D eigenvalue weighted by Crippen LogP contribution is 2.21. The molecular formula is C16H29N3O2. The van der Waals surface area contributed by atoms with Crippen LogP contribution in [0.4, 0.5) is 0 Å². The van der Waals surface area contributed by atoms with Crippen LogP contribution in [-0.4, -0.2) is 62.3 Å². The van der Waals surface area contributed by atoms with E-state index in [-0.39, 0.29) is 5.91 Å². The van der Waals surface area contributed by atoms with Gasteiger partial charge >= 0.3 is 0 Å². The molecule has 5 heteroatoms. The third-order valence-electron chi connectivity index (χ3n) is 4.83. The Morgan fingerprint density at radius 2 is 1.90 bits per heavy atom. The quantitative estimate of drug-likeness (QED) is 0.759. The molecule has 120 valence electrons. The van der Waals surface area contributed by atoms with Crippen molar-refractivity contribution in [2.75, 3.05) is 39.4 Å². The maximum absolute atomic E-state index is 12.2. The first-order chi connectivity index (χ1) is 10.3.